The van der Waals surface area contributed by atoms with Gasteiger partial charge in [-0.15, -0.1) is 11.3 Å². The monoisotopic (exact) mass is 275 g/mol. The number of rotatable bonds is 4. The zero-order valence-corrected chi connectivity index (χ0v) is 11.8. The van der Waals surface area contributed by atoms with Gasteiger partial charge in [0.25, 0.3) is 5.91 Å². The number of carbonyl (C=O) groups excluding carboxylic acids is 1. The first-order valence-corrected chi connectivity index (χ1v) is 7.30. The molecule has 0 saturated heterocycles. The van der Waals surface area contributed by atoms with Crippen LogP contribution in [0.2, 0.25) is 0 Å². The minimum Gasteiger partial charge on any atom is -0.365 e. The molecule has 0 aliphatic heterocycles. The molecule has 1 aromatic rings. The number of aliphatic imine (C=N–C) groups is 1. The van der Waals surface area contributed by atoms with Crippen LogP contribution in [0.15, 0.2) is 4.99 Å². The van der Waals surface area contributed by atoms with Crippen molar-refractivity contribution in [2.24, 2.45) is 16.6 Å². The van der Waals surface area contributed by atoms with Crippen molar-refractivity contribution in [3.8, 4) is 6.07 Å². The van der Waals surface area contributed by atoms with Crippen LogP contribution in [0.3, 0.4) is 0 Å². The van der Waals surface area contributed by atoms with Crippen molar-refractivity contribution in [3.63, 3.8) is 0 Å². The molecule has 1 amide bonds. The number of nitrogens with two attached hydrogens (primary N) is 1. The van der Waals surface area contributed by atoms with Gasteiger partial charge in [-0.3, -0.25) is 4.79 Å². The summed E-state index contributed by atoms with van der Waals surface area (Å²) in [5, 5.41) is 9.34. The fourth-order valence-corrected chi connectivity index (χ4v) is 3.53. The molecule has 1 unspecified atom stereocenters. The minimum atomic E-state index is -0.389. The molecular formula is C14H17N3OS. The number of nitriles is 1. The molecule has 1 aromatic heterocycles. The number of fused-ring (bicyclic) bond motifs is 1. The van der Waals surface area contributed by atoms with E-state index in [0.717, 1.165) is 24.8 Å². The number of carbonyl (C=O) groups is 1. The van der Waals surface area contributed by atoms with E-state index in [9.17, 15) is 4.79 Å². The lowest BCUT2D eigenvalue weighted by Crippen LogP contribution is -2.14. The van der Waals surface area contributed by atoms with Gasteiger partial charge in [0.05, 0.1) is 11.6 Å². The first-order valence-electron chi connectivity index (χ1n) is 6.49. The average molecular weight is 275 g/mol. The summed E-state index contributed by atoms with van der Waals surface area (Å²) in [6.45, 7) is 1.93. The number of amides is 1. The highest BCUT2D eigenvalue weighted by molar-refractivity contribution is 7.16. The molecule has 0 bridgehead atoms. The van der Waals surface area contributed by atoms with Crippen molar-refractivity contribution in [3.05, 3.63) is 16.0 Å². The van der Waals surface area contributed by atoms with Gasteiger partial charge < -0.3 is 5.73 Å². The van der Waals surface area contributed by atoms with Crippen LogP contribution in [0.5, 0.6) is 0 Å². The maximum Gasteiger partial charge on any atom is 0.252 e. The summed E-state index contributed by atoms with van der Waals surface area (Å²) < 4.78 is 0. The Kier molecular flexibility index (Phi) is 4.33. The second-order valence-corrected chi connectivity index (χ2v) is 5.96. The van der Waals surface area contributed by atoms with E-state index >= 15 is 0 Å². The van der Waals surface area contributed by atoms with E-state index in [0.29, 0.717) is 17.0 Å². The summed E-state index contributed by atoms with van der Waals surface area (Å²) in [4.78, 5) is 17.3. The maximum absolute atomic E-state index is 11.6. The van der Waals surface area contributed by atoms with E-state index in [-0.39, 0.29) is 11.8 Å². The van der Waals surface area contributed by atoms with Gasteiger partial charge in [0, 0.05) is 23.4 Å². The minimum absolute atomic E-state index is 0.0878. The van der Waals surface area contributed by atoms with Gasteiger partial charge in [-0.1, -0.05) is 6.92 Å². The van der Waals surface area contributed by atoms with Crippen molar-refractivity contribution in [2.45, 2.75) is 39.0 Å². The highest BCUT2D eigenvalue weighted by Gasteiger charge is 2.23. The van der Waals surface area contributed by atoms with Crippen LogP contribution in [0.1, 0.15) is 47.0 Å². The van der Waals surface area contributed by atoms with Crippen molar-refractivity contribution in [1.29, 1.82) is 5.26 Å². The molecule has 0 saturated carbocycles. The summed E-state index contributed by atoms with van der Waals surface area (Å²) in [6.07, 6.45) is 6.39. The number of primary amides is 1. The lowest BCUT2D eigenvalue weighted by atomic mass is 9.95. The van der Waals surface area contributed by atoms with Crippen LogP contribution in [-0.2, 0) is 12.8 Å². The first kappa shape index (κ1) is 13.8. The van der Waals surface area contributed by atoms with Gasteiger partial charge in [-0.2, -0.15) is 5.26 Å². The van der Waals surface area contributed by atoms with Crippen LogP contribution in [0, 0.1) is 17.2 Å². The lowest BCUT2D eigenvalue weighted by Gasteiger charge is -2.10. The van der Waals surface area contributed by atoms with Gasteiger partial charge in [0.15, 0.2) is 0 Å². The molecule has 2 N–H and O–H groups in total. The zero-order valence-electron chi connectivity index (χ0n) is 11.0. The second kappa shape index (κ2) is 5.98. The van der Waals surface area contributed by atoms with Crippen LogP contribution >= 0.6 is 11.3 Å². The Morgan fingerprint density at radius 2 is 2.32 bits per heavy atom. The van der Waals surface area contributed by atoms with E-state index in [2.05, 4.69) is 11.1 Å². The molecule has 1 atom stereocenters. The highest BCUT2D eigenvalue weighted by atomic mass is 32.1. The molecule has 19 heavy (non-hydrogen) atoms. The standard InChI is InChI=1S/C14H17N3OS/c1-9(6-7-15)8-17-14-12(13(16)18)10-4-2-3-5-11(10)19-14/h8-9H,2-6H2,1H3,(H2,16,18)/b17-8+. The highest BCUT2D eigenvalue weighted by Crippen LogP contribution is 2.39. The van der Waals surface area contributed by atoms with Gasteiger partial charge in [0.2, 0.25) is 0 Å². The Hall–Kier alpha value is -1.67. The van der Waals surface area contributed by atoms with Crippen molar-refractivity contribution in [1.82, 2.24) is 0 Å². The third-order valence-corrected chi connectivity index (χ3v) is 4.46. The summed E-state index contributed by atoms with van der Waals surface area (Å²) in [5.74, 6) is -0.302. The molecule has 1 aliphatic rings. The molecular weight excluding hydrogens is 258 g/mol. The Balaban J connectivity index is 2.32. The van der Waals surface area contributed by atoms with Crippen LogP contribution in [0.4, 0.5) is 5.00 Å². The summed E-state index contributed by atoms with van der Waals surface area (Å²) in [6, 6.07) is 2.11. The molecule has 0 spiro atoms. The zero-order chi connectivity index (χ0) is 13.8. The third-order valence-electron chi connectivity index (χ3n) is 3.26. The number of nitrogens with zero attached hydrogens (tertiary/aromatic N) is 2. The Morgan fingerprint density at radius 1 is 1.58 bits per heavy atom. The number of hydrogen-bond acceptors (Lipinski definition) is 4. The molecule has 0 radical (unpaired) electrons. The molecule has 0 aromatic carbocycles. The topological polar surface area (TPSA) is 79.2 Å². The fourth-order valence-electron chi connectivity index (χ4n) is 2.29. The van der Waals surface area contributed by atoms with Crippen molar-refractivity contribution >= 4 is 28.5 Å². The van der Waals surface area contributed by atoms with Crippen LogP contribution < -0.4 is 5.73 Å². The largest absolute Gasteiger partial charge is 0.365 e. The van der Waals surface area contributed by atoms with E-state index in [1.807, 2.05) is 6.92 Å². The molecule has 2 rings (SSSR count). The predicted molar refractivity (Wildman–Crippen MR) is 77.0 cm³/mol. The first-order chi connectivity index (χ1) is 9.13. The molecule has 5 heteroatoms. The lowest BCUT2D eigenvalue weighted by molar-refractivity contribution is 0.100. The van der Waals surface area contributed by atoms with E-state index < -0.39 is 0 Å². The number of hydrogen-bond donors (Lipinski definition) is 1. The Morgan fingerprint density at radius 3 is 3.00 bits per heavy atom. The second-order valence-electron chi connectivity index (χ2n) is 4.87. The van der Waals surface area contributed by atoms with E-state index in [1.165, 1.54) is 11.3 Å². The van der Waals surface area contributed by atoms with Gasteiger partial charge in [-0.05, 0) is 31.2 Å². The molecule has 4 nitrogen and oxygen atoms in total. The SMILES string of the molecule is CC(/C=N/c1sc2c(c1C(N)=O)CCCC2)CC#N. The average Bonchev–Trinajstić information content (AvgIpc) is 2.75. The van der Waals surface area contributed by atoms with Crippen LogP contribution in [0.25, 0.3) is 0 Å². The quantitative estimate of drug-likeness (QED) is 0.857. The molecule has 100 valence electrons. The van der Waals surface area contributed by atoms with Gasteiger partial charge in [0.1, 0.15) is 5.00 Å². The van der Waals surface area contributed by atoms with Crippen molar-refractivity contribution < 1.29 is 4.79 Å². The summed E-state index contributed by atoms with van der Waals surface area (Å²) in [7, 11) is 0. The maximum atomic E-state index is 11.6. The summed E-state index contributed by atoms with van der Waals surface area (Å²) in [5.41, 5.74) is 7.19. The van der Waals surface area contributed by atoms with E-state index in [1.54, 1.807) is 17.6 Å². The third kappa shape index (κ3) is 3.02. The van der Waals surface area contributed by atoms with Gasteiger partial charge in [-0.25, -0.2) is 4.99 Å². The smallest absolute Gasteiger partial charge is 0.252 e. The number of thiophene rings is 1. The fraction of sp³-hybridized carbons (Fsp3) is 0.500. The Labute approximate surface area is 117 Å². The van der Waals surface area contributed by atoms with Gasteiger partial charge >= 0.3 is 0 Å². The van der Waals surface area contributed by atoms with Crippen LogP contribution in [-0.4, -0.2) is 12.1 Å². The predicted octanol–water partition coefficient (Wildman–Crippen LogP) is 2.98. The number of aryl methyl sites for hydroxylation is 1. The summed E-state index contributed by atoms with van der Waals surface area (Å²) >= 11 is 1.57. The molecule has 1 aliphatic carbocycles. The molecule has 0 fully saturated rings. The van der Waals surface area contributed by atoms with Crippen molar-refractivity contribution in [2.75, 3.05) is 0 Å². The molecule has 1 heterocycles. The van der Waals surface area contributed by atoms with E-state index in [4.69, 9.17) is 11.0 Å². The normalized spacial score (nSPS) is 16.0. The Bertz CT molecular complexity index is 554.